The van der Waals surface area contributed by atoms with Crippen LogP contribution in [0.4, 0.5) is 0 Å². The van der Waals surface area contributed by atoms with E-state index in [1.54, 1.807) is 0 Å². The molecule has 0 fully saturated rings. The van der Waals surface area contributed by atoms with Gasteiger partial charge in [-0.2, -0.15) is 0 Å². The van der Waals surface area contributed by atoms with Gasteiger partial charge in [0.1, 0.15) is 0 Å². The van der Waals surface area contributed by atoms with E-state index in [9.17, 15) is 0 Å². The Kier molecular flexibility index (Phi) is 19.0. The van der Waals surface area contributed by atoms with Gasteiger partial charge in [-0.05, 0) is 89.6 Å². The van der Waals surface area contributed by atoms with Crippen molar-refractivity contribution in [3.63, 3.8) is 0 Å². The second kappa shape index (κ2) is 22.3. The molecule has 0 spiro atoms. The van der Waals surface area contributed by atoms with Crippen molar-refractivity contribution < 1.29 is 0 Å². The van der Waals surface area contributed by atoms with Gasteiger partial charge >= 0.3 is 0 Å². The van der Waals surface area contributed by atoms with Crippen molar-refractivity contribution in [1.82, 2.24) is 9.97 Å². The highest BCUT2D eigenvalue weighted by atomic mass is 79.9. The molecular weight excluding hydrogens is 660 g/mol. The first-order valence-electron chi connectivity index (χ1n) is 17.3. The standard InChI is InChI=1S/C23H30.C15H10BrClN2.C3H8.C2H6/c1-5-8-18(4)23-15-11-19(12-16-23)9-10-20-13-14-21(6-2)22(7-3)17-20;16-11-6-2-1-5-10(11)9-14-15(17)19-13-8-4-3-7-12(13)18-14;1-3-2;1-2/h5,11-18H,1,6-10H2,2-4H3;1-8H,9H2;3H2,1-2H3;1-2H3/t18-;;;/m1.../s1. The van der Waals surface area contributed by atoms with Gasteiger partial charge < -0.3 is 0 Å². The summed E-state index contributed by atoms with van der Waals surface area (Å²) in [6.45, 7) is 18.8. The van der Waals surface area contributed by atoms with E-state index in [4.69, 9.17) is 11.6 Å². The molecule has 0 aliphatic heterocycles. The lowest BCUT2D eigenvalue weighted by Gasteiger charge is -2.11. The van der Waals surface area contributed by atoms with Gasteiger partial charge in [-0.15, -0.1) is 6.58 Å². The van der Waals surface area contributed by atoms with Gasteiger partial charge in [0.2, 0.25) is 0 Å². The number of allylic oxidation sites excluding steroid dienone is 1. The van der Waals surface area contributed by atoms with Crippen LogP contribution in [0.2, 0.25) is 5.15 Å². The summed E-state index contributed by atoms with van der Waals surface area (Å²) >= 11 is 9.75. The van der Waals surface area contributed by atoms with Gasteiger partial charge in [-0.3, -0.25) is 0 Å². The summed E-state index contributed by atoms with van der Waals surface area (Å²) in [5.41, 5.74) is 10.9. The molecule has 0 unspecified atom stereocenters. The first-order valence-corrected chi connectivity index (χ1v) is 18.4. The molecule has 1 heterocycles. The van der Waals surface area contributed by atoms with Crippen LogP contribution >= 0.6 is 27.5 Å². The Bertz CT molecular complexity index is 1630. The van der Waals surface area contributed by atoms with Crippen molar-refractivity contribution in [2.24, 2.45) is 0 Å². The van der Waals surface area contributed by atoms with Gasteiger partial charge in [0.05, 0.1) is 16.7 Å². The van der Waals surface area contributed by atoms with E-state index in [2.05, 4.69) is 116 Å². The Morgan fingerprint density at radius 2 is 1.28 bits per heavy atom. The van der Waals surface area contributed by atoms with Gasteiger partial charge in [0.25, 0.3) is 0 Å². The fraction of sp³-hybridized carbons (Fsp3) is 0.349. The Labute approximate surface area is 298 Å². The first kappa shape index (κ1) is 39.9. The minimum Gasteiger partial charge on any atom is -0.248 e. The topological polar surface area (TPSA) is 25.8 Å². The number of rotatable bonds is 10. The number of aromatic nitrogens is 2. The smallest absolute Gasteiger partial charge is 0.151 e. The summed E-state index contributed by atoms with van der Waals surface area (Å²) in [5, 5.41) is 0.467. The Morgan fingerprint density at radius 1 is 0.723 bits per heavy atom. The van der Waals surface area contributed by atoms with Crippen molar-refractivity contribution in [3.8, 4) is 0 Å². The maximum atomic E-state index is 6.22. The normalized spacial score (nSPS) is 10.8. The monoisotopic (exact) mass is 712 g/mol. The van der Waals surface area contributed by atoms with Crippen LogP contribution in [0.5, 0.6) is 0 Å². The molecule has 4 aromatic carbocycles. The molecular formula is C43H54BrClN2. The van der Waals surface area contributed by atoms with E-state index >= 15 is 0 Å². The number of nitrogens with zero attached hydrogens (tertiary/aromatic N) is 2. The van der Waals surface area contributed by atoms with Crippen LogP contribution in [0.1, 0.15) is 106 Å². The number of fused-ring (bicyclic) bond motifs is 1. The summed E-state index contributed by atoms with van der Waals surface area (Å²) in [6.07, 6.45) is 9.47. The lowest BCUT2D eigenvalue weighted by Crippen LogP contribution is -1.97. The quantitative estimate of drug-likeness (QED) is 0.135. The van der Waals surface area contributed by atoms with E-state index in [-0.39, 0.29) is 0 Å². The number of para-hydroxylation sites is 2. The fourth-order valence-corrected chi connectivity index (χ4v) is 5.77. The van der Waals surface area contributed by atoms with Gasteiger partial charge in [0, 0.05) is 10.9 Å². The molecule has 0 amide bonds. The number of aryl methyl sites for hydroxylation is 4. The molecule has 2 nitrogen and oxygen atoms in total. The van der Waals surface area contributed by atoms with Gasteiger partial charge in [-0.25, -0.2) is 9.97 Å². The maximum absolute atomic E-state index is 6.22. The van der Waals surface area contributed by atoms with Crippen molar-refractivity contribution >= 4 is 38.6 Å². The molecule has 4 heteroatoms. The van der Waals surface area contributed by atoms with E-state index in [1.807, 2.05) is 62.4 Å². The largest absolute Gasteiger partial charge is 0.248 e. The van der Waals surface area contributed by atoms with Crippen molar-refractivity contribution in [1.29, 1.82) is 0 Å². The van der Waals surface area contributed by atoms with Crippen LogP contribution in [0.3, 0.4) is 0 Å². The molecule has 250 valence electrons. The highest BCUT2D eigenvalue weighted by Crippen LogP contribution is 2.24. The van der Waals surface area contributed by atoms with E-state index in [1.165, 1.54) is 34.2 Å². The number of benzene rings is 4. The Morgan fingerprint density at radius 3 is 1.87 bits per heavy atom. The van der Waals surface area contributed by atoms with Gasteiger partial charge in [0.15, 0.2) is 5.15 Å². The van der Waals surface area contributed by atoms with Crippen LogP contribution < -0.4 is 0 Å². The number of hydrogen-bond donors (Lipinski definition) is 0. The maximum Gasteiger partial charge on any atom is 0.151 e. The molecule has 0 aliphatic rings. The van der Waals surface area contributed by atoms with Crippen molar-refractivity contribution in [3.05, 3.63) is 152 Å². The van der Waals surface area contributed by atoms with Crippen LogP contribution in [-0.4, -0.2) is 9.97 Å². The molecule has 1 aromatic heterocycles. The third-order valence-electron chi connectivity index (χ3n) is 7.71. The predicted molar refractivity (Wildman–Crippen MR) is 211 cm³/mol. The lowest BCUT2D eigenvalue weighted by atomic mass is 9.94. The summed E-state index contributed by atoms with van der Waals surface area (Å²) in [4.78, 5) is 8.98. The third kappa shape index (κ3) is 13.0. The lowest BCUT2D eigenvalue weighted by molar-refractivity contribution is 0.780. The second-order valence-corrected chi connectivity index (χ2v) is 12.6. The first-order chi connectivity index (χ1) is 22.8. The summed E-state index contributed by atoms with van der Waals surface area (Å²) in [6, 6.07) is 32.0. The summed E-state index contributed by atoms with van der Waals surface area (Å²) < 4.78 is 1.06. The molecule has 1 atom stereocenters. The second-order valence-electron chi connectivity index (χ2n) is 11.4. The zero-order valence-corrected chi connectivity index (χ0v) is 32.0. The Hall–Kier alpha value is -3.27. The van der Waals surface area contributed by atoms with Crippen LogP contribution in [0.15, 0.2) is 108 Å². The zero-order valence-electron chi connectivity index (χ0n) is 29.6. The van der Waals surface area contributed by atoms with Crippen LogP contribution in [-0.2, 0) is 32.1 Å². The summed E-state index contributed by atoms with van der Waals surface area (Å²) in [7, 11) is 0. The average molecular weight is 714 g/mol. The summed E-state index contributed by atoms with van der Waals surface area (Å²) in [5.74, 6) is 0.565. The molecule has 0 saturated carbocycles. The molecule has 0 bridgehead atoms. The number of halogens is 2. The van der Waals surface area contributed by atoms with Crippen LogP contribution in [0, 0.1) is 0 Å². The minimum atomic E-state index is 0.467. The number of hydrogen-bond acceptors (Lipinski definition) is 2. The van der Waals surface area contributed by atoms with E-state index < -0.39 is 0 Å². The molecule has 0 saturated heterocycles. The molecule has 5 rings (SSSR count). The highest BCUT2D eigenvalue weighted by Gasteiger charge is 2.09. The van der Waals surface area contributed by atoms with Crippen molar-refractivity contribution in [2.75, 3.05) is 0 Å². The van der Waals surface area contributed by atoms with E-state index in [0.717, 1.165) is 58.9 Å². The fourth-order valence-electron chi connectivity index (χ4n) is 5.15. The third-order valence-corrected chi connectivity index (χ3v) is 8.79. The zero-order chi connectivity index (χ0) is 34.6. The molecule has 0 N–H and O–H groups in total. The predicted octanol–water partition coefficient (Wildman–Crippen LogP) is 13.4. The average Bonchev–Trinajstić information content (AvgIpc) is 3.10. The SMILES string of the molecule is C=CC[C@@H](C)c1ccc(CCc2ccc(CC)c(CC)c2)cc1.CC.CCC.Clc1nc2ccccc2nc1Cc1ccccc1Br. The Balaban J connectivity index is 0.000000291. The van der Waals surface area contributed by atoms with Crippen molar-refractivity contribution in [2.45, 2.75) is 99.3 Å². The minimum absolute atomic E-state index is 0.467. The molecule has 5 aromatic rings. The molecule has 0 aliphatic carbocycles. The van der Waals surface area contributed by atoms with E-state index in [0.29, 0.717) is 17.5 Å². The molecule has 47 heavy (non-hydrogen) atoms. The van der Waals surface area contributed by atoms with Crippen LogP contribution in [0.25, 0.3) is 11.0 Å². The van der Waals surface area contributed by atoms with Gasteiger partial charge in [-0.1, -0.05) is 161 Å². The molecule has 0 radical (unpaired) electrons. The highest BCUT2D eigenvalue weighted by molar-refractivity contribution is 9.10.